The van der Waals surface area contributed by atoms with Crippen molar-refractivity contribution < 1.29 is 38.1 Å². The minimum atomic E-state index is -1.28. The van der Waals surface area contributed by atoms with E-state index in [0.717, 1.165) is 42.3 Å². The van der Waals surface area contributed by atoms with Crippen LogP contribution in [0.25, 0.3) is 44.7 Å². The van der Waals surface area contributed by atoms with Crippen LogP contribution in [-0.2, 0) is 23.8 Å². The molecule has 326 valence electrons. The number of hydrogen-bond donors (Lipinski definition) is 5. The molecule has 0 radical (unpaired) electrons. The number of halogens is 1. The van der Waals surface area contributed by atoms with Crippen LogP contribution >= 0.6 is 0 Å². The van der Waals surface area contributed by atoms with E-state index in [2.05, 4.69) is 37.1 Å². The molecule has 3 aliphatic heterocycles. The largest absolute Gasteiger partial charge is 0.453 e. The van der Waals surface area contributed by atoms with Crippen molar-refractivity contribution in [2.45, 2.75) is 75.5 Å². The van der Waals surface area contributed by atoms with Crippen molar-refractivity contribution >= 4 is 28.8 Å². The molecule has 5 unspecified atom stereocenters. The fraction of sp³-hybridized carbons (Fsp3) is 0.422. The highest BCUT2D eigenvalue weighted by molar-refractivity contribution is 5.87. The number of aromatic amines is 2. The average molecular weight is 850 g/mol. The van der Waals surface area contributed by atoms with E-state index in [1.54, 1.807) is 35.5 Å². The van der Waals surface area contributed by atoms with Crippen LogP contribution in [-0.4, -0.2) is 117 Å². The molecule has 5 atom stereocenters. The number of amides is 3. The second-order valence-corrected chi connectivity index (χ2v) is 15.9. The fourth-order valence-corrected chi connectivity index (χ4v) is 8.92. The monoisotopic (exact) mass is 849 g/mol. The maximum Gasteiger partial charge on any atom is 0.407 e. The lowest BCUT2D eigenvalue weighted by molar-refractivity contribution is -0.147. The second-order valence-electron chi connectivity index (χ2n) is 15.9. The van der Waals surface area contributed by atoms with Gasteiger partial charge in [-0.25, -0.2) is 24.1 Å². The Morgan fingerprint density at radius 2 is 1.56 bits per heavy atom. The number of hydrogen-bond acceptors (Lipinski definition) is 11. The Morgan fingerprint density at radius 1 is 0.919 bits per heavy atom. The second kappa shape index (κ2) is 18.9. The van der Waals surface area contributed by atoms with Crippen LogP contribution in [0.2, 0.25) is 0 Å². The summed E-state index contributed by atoms with van der Waals surface area (Å²) in [6.45, 7) is 5.92. The predicted octanol–water partition coefficient (Wildman–Crippen LogP) is 5.76. The number of nitrogens with one attached hydrogen (secondary N) is 4. The normalized spacial score (nSPS) is 19.7. The van der Waals surface area contributed by atoms with Gasteiger partial charge >= 0.3 is 6.09 Å². The minimum absolute atomic E-state index is 0.0157. The molecule has 17 heteroatoms. The molecular formula is C45H52FN9O7. The number of ether oxygens (including phenoxy) is 3. The summed E-state index contributed by atoms with van der Waals surface area (Å²) in [6, 6.07) is 12.5. The van der Waals surface area contributed by atoms with Crippen molar-refractivity contribution in [3.63, 3.8) is 0 Å². The Kier molecular flexibility index (Phi) is 13.0. The molecule has 62 heavy (non-hydrogen) atoms. The highest BCUT2D eigenvalue weighted by atomic mass is 19.1. The molecule has 3 fully saturated rings. The summed E-state index contributed by atoms with van der Waals surface area (Å²) in [6.07, 6.45) is 7.73. The molecule has 3 aliphatic rings. The lowest BCUT2D eigenvalue weighted by Crippen LogP contribution is -2.54. The molecule has 8 rings (SSSR count). The summed E-state index contributed by atoms with van der Waals surface area (Å²) in [7, 11) is 2.63. The molecule has 3 saturated heterocycles. The van der Waals surface area contributed by atoms with E-state index in [4.69, 9.17) is 19.2 Å². The zero-order valence-corrected chi connectivity index (χ0v) is 34.8. The summed E-state index contributed by atoms with van der Waals surface area (Å²) in [5.74, 6) is 0.475. The Bertz CT molecular complexity index is 2420. The number of imidazole rings is 2. The number of methoxy groups -OCH3 is 2. The Labute approximate surface area is 358 Å². The van der Waals surface area contributed by atoms with Gasteiger partial charge in [0.25, 0.3) is 0 Å². The smallest absolute Gasteiger partial charge is 0.407 e. The van der Waals surface area contributed by atoms with Gasteiger partial charge < -0.3 is 44.4 Å². The van der Waals surface area contributed by atoms with Crippen LogP contribution in [0, 0.1) is 11.7 Å². The fourth-order valence-electron chi connectivity index (χ4n) is 8.92. The molecule has 6 heterocycles. The topological polar surface area (TPSA) is 200 Å². The average Bonchev–Trinajstić information content (AvgIpc) is 4.15. The Morgan fingerprint density at radius 3 is 2.19 bits per heavy atom. The van der Waals surface area contributed by atoms with E-state index in [-0.39, 0.29) is 36.2 Å². The lowest BCUT2D eigenvalue weighted by atomic mass is 9.90. The van der Waals surface area contributed by atoms with Gasteiger partial charge in [0.2, 0.25) is 18.2 Å². The molecule has 0 spiro atoms. The summed E-state index contributed by atoms with van der Waals surface area (Å²) < 4.78 is 31.2. The number of aliphatic hydroxyl groups is 1. The summed E-state index contributed by atoms with van der Waals surface area (Å²) >= 11 is 0. The number of H-pyrrole nitrogens is 2. The van der Waals surface area contributed by atoms with Crippen molar-refractivity contribution in [1.82, 2.24) is 45.4 Å². The third kappa shape index (κ3) is 8.97. The number of nitrogens with zero attached hydrogens (tertiary/aromatic N) is 5. The van der Waals surface area contributed by atoms with Crippen molar-refractivity contribution in [1.29, 1.82) is 0 Å². The highest BCUT2D eigenvalue weighted by Crippen LogP contribution is 2.36. The van der Waals surface area contributed by atoms with E-state index in [9.17, 15) is 19.5 Å². The zero-order chi connectivity index (χ0) is 43.3. The van der Waals surface area contributed by atoms with Crippen LogP contribution in [0.15, 0.2) is 73.6 Å². The molecule has 5 N–H and O–H groups in total. The lowest BCUT2D eigenvalue weighted by Gasteiger charge is -2.35. The maximum atomic E-state index is 15.9. The number of aliphatic hydroxyl groups excluding tert-OH is 1. The van der Waals surface area contributed by atoms with Gasteiger partial charge in [-0.15, -0.1) is 6.58 Å². The molecule has 3 aromatic heterocycles. The first kappa shape index (κ1) is 42.7. The van der Waals surface area contributed by atoms with Crippen LogP contribution in [0.3, 0.4) is 0 Å². The van der Waals surface area contributed by atoms with E-state index < -0.39 is 30.4 Å². The number of pyridine rings is 1. The van der Waals surface area contributed by atoms with Gasteiger partial charge in [0.1, 0.15) is 23.5 Å². The van der Waals surface area contributed by atoms with Crippen molar-refractivity contribution in [3.05, 3.63) is 91.0 Å². The first-order valence-electron chi connectivity index (χ1n) is 21.1. The summed E-state index contributed by atoms with van der Waals surface area (Å²) in [5.41, 5.74) is 4.40. The van der Waals surface area contributed by atoms with Crippen LogP contribution in [0.1, 0.15) is 68.7 Å². The number of likely N-dealkylation sites (tertiary alicyclic amines) is 2. The van der Waals surface area contributed by atoms with E-state index >= 15 is 4.39 Å². The van der Waals surface area contributed by atoms with Gasteiger partial charge in [0, 0.05) is 55.5 Å². The standard InChI is InChI=1S/C45H52FN9O7/c1-4-7-34(52-44(58)60-2)42(56)54-18-5-8-37(54)40-47-24-35(50-40)28-11-14-32-27(22-28)12-15-33(49-32)30-13-10-29(23-31(30)46)36-25-48-41(51-36)38-9-6-19-55(38)43(57)39(53-45(59)61-3)26-16-20-62-21-17-26/h4,10-15,22-26,34,37-39,45,53,59H,1,5-9,16-21H2,2-3H3,(H,47,50)(H,48,51)(H,52,58). The summed E-state index contributed by atoms with van der Waals surface area (Å²) in [5, 5.41) is 16.7. The third-order valence-electron chi connectivity index (χ3n) is 12.2. The molecule has 2 aromatic carbocycles. The minimum Gasteiger partial charge on any atom is -0.453 e. The number of benzene rings is 2. The Hall–Kier alpha value is -6.01. The van der Waals surface area contributed by atoms with Gasteiger partial charge in [0.05, 0.1) is 60.2 Å². The first-order valence-corrected chi connectivity index (χ1v) is 21.1. The number of alkyl carbamates (subject to hydrolysis) is 1. The third-order valence-corrected chi connectivity index (χ3v) is 12.2. The maximum absolute atomic E-state index is 15.9. The molecule has 0 bridgehead atoms. The van der Waals surface area contributed by atoms with Gasteiger partial charge in [0.15, 0.2) is 0 Å². The van der Waals surface area contributed by atoms with Crippen molar-refractivity contribution in [2.75, 3.05) is 40.5 Å². The molecule has 5 aromatic rings. The van der Waals surface area contributed by atoms with Crippen molar-refractivity contribution in [3.8, 4) is 33.8 Å². The highest BCUT2D eigenvalue weighted by Gasteiger charge is 2.40. The molecular weight excluding hydrogens is 798 g/mol. The van der Waals surface area contributed by atoms with E-state index in [1.807, 2.05) is 35.2 Å². The molecule has 16 nitrogen and oxygen atoms in total. The molecule has 0 saturated carbocycles. The SMILES string of the molecule is C=CCC(NC(=O)OC)C(=O)N1CCCC1c1ncc(-c2ccc3nc(-c4ccc(-c5cnc(C6CCCN6C(=O)C(NC(O)OC)C6CCOCC6)[nH]5)cc4F)ccc3c2)[nH]1. The van der Waals surface area contributed by atoms with Gasteiger partial charge in [-0.1, -0.05) is 24.3 Å². The van der Waals surface area contributed by atoms with E-state index in [1.165, 1.54) is 20.3 Å². The van der Waals surface area contributed by atoms with Gasteiger partial charge in [-0.05, 0) is 81.2 Å². The number of carbonyl (C=O) groups is 3. The number of rotatable bonds is 14. The van der Waals surface area contributed by atoms with Gasteiger partial charge in [-0.2, -0.15) is 0 Å². The molecule has 0 aliphatic carbocycles. The zero-order valence-electron chi connectivity index (χ0n) is 34.8. The number of carbonyl (C=O) groups excluding carboxylic acids is 3. The number of fused-ring (bicyclic) bond motifs is 1. The van der Waals surface area contributed by atoms with Crippen LogP contribution < -0.4 is 10.6 Å². The predicted molar refractivity (Wildman–Crippen MR) is 227 cm³/mol. The van der Waals surface area contributed by atoms with Crippen LogP contribution in [0.4, 0.5) is 9.18 Å². The van der Waals surface area contributed by atoms with Gasteiger partial charge in [-0.3, -0.25) is 14.9 Å². The summed E-state index contributed by atoms with van der Waals surface area (Å²) in [4.78, 5) is 63.8. The number of aromatic nitrogens is 5. The van der Waals surface area contributed by atoms with Crippen molar-refractivity contribution in [2.24, 2.45) is 5.92 Å². The quantitative estimate of drug-likeness (QED) is 0.0673. The molecule has 3 amide bonds. The Balaban J connectivity index is 0.951. The van der Waals surface area contributed by atoms with E-state index in [0.29, 0.717) is 78.8 Å². The first-order chi connectivity index (χ1) is 30.1. The van der Waals surface area contributed by atoms with Crippen LogP contribution in [0.5, 0.6) is 0 Å².